The number of urea groups is 1. The van der Waals surface area contributed by atoms with Crippen LogP contribution in [-0.2, 0) is 0 Å². The molecule has 0 aliphatic carbocycles. The van der Waals surface area contributed by atoms with Crippen LogP contribution in [0.25, 0.3) is 6.08 Å². The molecule has 2 aromatic rings. The van der Waals surface area contributed by atoms with Crippen LogP contribution >= 0.6 is 0 Å². The van der Waals surface area contributed by atoms with Gasteiger partial charge in [0.05, 0.1) is 18.8 Å². The van der Waals surface area contributed by atoms with E-state index in [0.717, 1.165) is 22.4 Å². The summed E-state index contributed by atoms with van der Waals surface area (Å²) in [6.07, 6.45) is 4.05. The molecular formula is C21H21FN4O. The average molecular weight is 364 g/mol. The van der Waals surface area contributed by atoms with Crippen molar-refractivity contribution in [2.75, 3.05) is 29.9 Å². The van der Waals surface area contributed by atoms with Crippen molar-refractivity contribution in [3.63, 3.8) is 0 Å². The Morgan fingerprint density at radius 2 is 2.00 bits per heavy atom. The van der Waals surface area contributed by atoms with Crippen LogP contribution < -0.4 is 10.2 Å². The summed E-state index contributed by atoms with van der Waals surface area (Å²) in [5, 5.41) is 3.13. The monoisotopic (exact) mass is 364 g/mol. The molecule has 2 aliphatic rings. The zero-order valence-corrected chi connectivity index (χ0v) is 15.4. The minimum atomic E-state index is -0.329. The summed E-state index contributed by atoms with van der Waals surface area (Å²) in [5.41, 5.74) is 4.59. The fraction of sp³-hybridized carbons (Fsp3) is 0.238. The van der Waals surface area contributed by atoms with Crippen molar-refractivity contribution in [3.8, 4) is 0 Å². The first kappa shape index (κ1) is 17.3. The van der Waals surface area contributed by atoms with Crippen LogP contribution in [0.4, 0.5) is 20.6 Å². The molecule has 0 spiro atoms. The quantitative estimate of drug-likeness (QED) is 0.825. The van der Waals surface area contributed by atoms with E-state index in [1.54, 1.807) is 15.9 Å². The van der Waals surface area contributed by atoms with Gasteiger partial charge in [0.2, 0.25) is 5.96 Å². The molecule has 0 unspecified atom stereocenters. The maximum atomic E-state index is 13.6. The number of rotatable bonds is 1. The fourth-order valence-electron chi connectivity index (χ4n) is 3.41. The number of carbonyl (C=O) groups is 1. The van der Waals surface area contributed by atoms with Gasteiger partial charge in [-0.3, -0.25) is 14.8 Å². The van der Waals surface area contributed by atoms with Crippen molar-refractivity contribution in [2.24, 2.45) is 4.99 Å². The molecule has 0 fully saturated rings. The van der Waals surface area contributed by atoms with Crippen LogP contribution in [0.15, 0.2) is 47.5 Å². The summed E-state index contributed by atoms with van der Waals surface area (Å²) in [4.78, 5) is 21.0. The lowest BCUT2D eigenvalue weighted by atomic mass is 10.0. The van der Waals surface area contributed by atoms with Crippen molar-refractivity contribution >= 4 is 29.4 Å². The predicted molar refractivity (Wildman–Crippen MR) is 107 cm³/mol. The molecule has 138 valence electrons. The second-order valence-electron chi connectivity index (χ2n) is 6.74. The van der Waals surface area contributed by atoms with Crippen LogP contribution in [0.2, 0.25) is 0 Å². The molecule has 0 atom stereocenters. The number of fused-ring (bicyclic) bond motifs is 1. The third-order valence-electron chi connectivity index (χ3n) is 4.91. The molecular weight excluding hydrogens is 343 g/mol. The third-order valence-corrected chi connectivity index (χ3v) is 4.91. The lowest BCUT2D eigenvalue weighted by Gasteiger charge is -2.31. The highest BCUT2D eigenvalue weighted by atomic mass is 19.1. The number of halogens is 1. The molecule has 2 amide bonds. The summed E-state index contributed by atoms with van der Waals surface area (Å²) in [7, 11) is 0. The third kappa shape index (κ3) is 3.18. The van der Waals surface area contributed by atoms with Crippen molar-refractivity contribution in [2.45, 2.75) is 13.8 Å². The lowest BCUT2D eigenvalue weighted by Crippen LogP contribution is -2.48. The highest BCUT2D eigenvalue weighted by Gasteiger charge is 2.30. The molecule has 0 saturated carbocycles. The van der Waals surface area contributed by atoms with Gasteiger partial charge in [0, 0.05) is 17.8 Å². The van der Waals surface area contributed by atoms with Gasteiger partial charge in [0.1, 0.15) is 5.82 Å². The molecule has 5 nitrogen and oxygen atoms in total. The van der Waals surface area contributed by atoms with Gasteiger partial charge in [0.15, 0.2) is 0 Å². The van der Waals surface area contributed by atoms with Gasteiger partial charge >= 0.3 is 6.03 Å². The highest BCUT2D eigenvalue weighted by Crippen LogP contribution is 2.30. The van der Waals surface area contributed by atoms with E-state index in [-0.39, 0.29) is 11.8 Å². The van der Waals surface area contributed by atoms with Crippen LogP contribution in [0.3, 0.4) is 0 Å². The molecule has 0 bridgehead atoms. The Labute approximate surface area is 157 Å². The minimum Gasteiger partial charge on any atom is -0.325 e. The fourth-order valence-corrected chi connectivity index (χ4v) is 3.41. The van der Waals surface area contributed by atoms with Crippen LogP contribution in [0, 0.1) is 19.7 Å². The average Bonchev–Trinajstić information content (AvgIpc) is 3.12. The first-order chi connectivity index (χ1) is 13.0. The molecule has 2 aromatic carbocycles. The number of aliphatic imine (C=N–C) groups is 1. The maximum absolute atomic E-state index is 13.6. The summed E-state index contributed by atoms with van der Waals surface area (Å²) in [5.74, 6) is 0.127. The van der Waals surface area contributed by atoms with E-state index in [1.807, 2.05) is 38.1 Å². The number of carbonyl (C=O) groups excluding carboxylic acids is 1. The number of hydrogen-bond donors (Lipinski definition) is 1. The second-order valence-corrected chi connectivity index (χ2v) is 6.74. The Kier molecular flexibility index (Phi) is 4.39. The predicted octanol–water partition coefficient (Wildman–Crippen LogP) is 4.18. The van der Waals surface area contributed by atoms with E-state index in [2.05, 4.69) is 16.4 Å². The molecule has 0 saturated heterocycles. The zero-order chi connectivity index (χ0) is 19.0. The van der Waals surface area contributed by atoms with Gasteiger partial charge in [0.25, 0.3) is 0 Å². The molecule has 1 N–H and O–H groups in total. The van der Waals surface area contributed by atoms with Crippen molar-refractivity contribution < 1.29 is 9.18 Å². The topological polar surface area (TPSA) is 47.9 Å². The summed E-state index contributed by atoms with van der Waals surface area (Å²) >= 11 is 0. The van der Waals surface area contributed by atoms with E-state index in [9.17, 15) is 9.18 Å². The first-order valence-corrected chi connectivity index (χ1v) is 8.97. The Bertz CT molecular complexity index is 967. The molecule has 0 radical (unpaired) electrons. The number of nitrogens with one attached hydrogen (secondary N) is 1. The molecule has 0 aromatic heterocycles. The van der Waals surface area contributed by atoms with Crippen molar-refractivity contribution in [3.05, 3.63) is 65.0 Å². The Morgan fingerprint density at radius 3 is 2.85 bits per heavy atom. The van der Waals surface area contributed by atoms with Gasteiger partial charge < -0.3 is 5.32 Å². The maximum Gasteiger partial charge on any atom is 0.331 e. The SMILES string of the molecule is Cc1ccc(F)cc1NC1=NCCN1C(=O)N1CC=Cc2c(C)cccc21. The molecule has 2 heterocycles. The van der Waals surface area contributed by atoms with Gasteiger partial charge in [-0.05, 0) is 43.2 Å². The summed E-state index contributed by atoms with van der Waals surface area (Å²) in [6.45, 7) is 5.45. The number of benzene rings is 2. The number of hydrogen-bond acceptors (Lipinski definition) is 3. The van der Waals surface area contributed by atoms with Gasteiger partial charge in [-0.15, -0.1) is 0 Å². The molecule has 27 heavy (non-hydrogen) atoms. The van der Waals surface area contributed by atoms with Crippen LogP contribution in [-0.4, -0.2) is 36.5 Å². The van der Waals surface area contributed by atoms with E-state index in [0.29, 0.717) is 31.3 Å². The second kappa shape index (κ2) is 6.87. The number of amides is 2. The van der Waals surface area contributed by atoms with Crippen molar-refractivity contribution in [1.29, 1.82) is 0 Å². The van der Waals surface area contributed by atoms with Gasteiger partial charge in [-0.1, -0.05) is 30.4 Å². The smallest absolute Gasteiger partial charge is 0.325 e. The lowest BCUT2D eigenvalue weighted by molar-refractivity contribution is 0.230. The number of aryl methyl sites for hydroxylation is 2. The van der Waals surface area contributed by atoms with Crippen LogP contribution in [0.1, 0.15) is 16.7 Å². The minimum absolute atomic E-state index is 0.135. The van der Waals surface area contributed by atoms with E-state index in [4.69, 9.17) is 0 Å². The van der Waals surface area contributed by atoms with E-state index < -0.39 is 0 Å². The number of nitrogens with zero attached hydrogens (tertiary/aromatic N) is 3. The van der Waals surface area contributed by atoms with Crippen molar-refractivity contribution in [1.82, 2.24) is 4.90 Å². The number of anilines is 2. The Balaban J connectivity index is 1.59. The standard InChI is InChI=1S/C21H21FN4O/c1-14-5-3-7-19-17(14)6-4-11-25(19)21(27)26-12-10-23-20(26)24-18-13-16(22)9-8-15(18)2/h3-9,13H,10-12H2,1-2H3,(H,23,24). The van der Waals surface area contributed by atoms with E-state index in [1.165, 1.54) is 12.1 Å². The van der Waals surface area contributed by atoms with Gasteiger partial charge in [-0.25, -0.2) is 9.18 Å². The normalized spacial score (nSPS) is 15.6. The molecule has 4 rings (SSSR count). The highest BCUT2D eigenvalue weighted by molar-refractivity contribution is 6.10. The van der Waals surface area contributed by atoms with Crippen LogP contribution in [0.5, 0.6) is 0 Å². The Hall–Kier alpha value is -3.15. The first-order valence-electron chi connectivity index (χ1n) is 8.97. The zero-order valence-electron chi connectivity index (χ0n) is 15.4. The van der Waals surface area contributed by atoms with E-state index >= 15 is 0 Å². The Morgan fingerprint density at radius 1 is 1.15 bits per heavy atom. The van der Waals surface area contributed by atoms with Gasteiger partial charge in [-0.2, -0.15) is 0 Å². The molecule has 6 heteroatoms. The summed E-state index contributed by atoms with van der Waals surface area (Å²) in [6, 6.07) is 10.4. The largest absolute Gasteiger partial charge is 0.331 e. The molecule has 2 aliphatic heterocycles. The summed E-state index contributed by atoms with van der Waals surface area (Å²) < 4.78 is 13.6. The number of guanidine groups is 1.